The SMILES string of the molecule is Cc1nc(NCCN)nc2c1CCCCC2. The maximum Gasteiger partial charge on any atom is 0.223 e. The lowest BCUT2D eigenvalue weighted by molar-refractivity contribution is 0.708. The topological polar surface area (TPSA) is 63.8 Å². The van der Waals surface area contributed by atoms with Crippen LogP contribution in [0, 0.1) is 6.92 Å². The number of nitrogens with zero attached hydrogens (tertiary/aromatic N) is 2. The maximum absolute atomic E-state index is 5.46. The van der Waals surface area contributed by atoms with Gasteiger partial charge in [0.1, 0.15) is 0 Å². The van der Waals surface area contributed by atoms with E-state index in [-0.39, 0.29) is 0 Å². The Bertz CT molecular complexity index is 362. The van der Waals surface area contributed by atoms with Gasteiger partial charge < -0.3 is 11.1 Å². The van der Waals surface area contributed by atoms with E-state index in [0.717, 1.165) is 31.0 Å². The quantitative estimate of drug-likeness (QED) is 0.756. The summed E-state index contributed by atoms with van der Waals surface area (Å²) in [7, 11) is 0. The zero-order chi connectivity index (χ0) is 11.4. The molecule has 1 heterocycles. The summed E-state index contributed by atoms with van der Waals surface area (Å²) < 4.78 is 0. The molecule has 1 aromatic rings. The molecule has 0 saturated heterocycles. The van der Waals surface area contributed by atoms with Crippen molar-refractivity contribution in [2.45, 2.75) is 39.0 Å². The first-order valence-corrected chi connectivity index (χ1v) is 6.11. The van der Waals surface area contributed by atoms with Gasteiger partial charge in [-0.05, 0) is 38.2 Å². The van der Waals surface area contributed by atoms with Gasteiger partial charge in [0.05, 0.1) is 0 Å². The van der Waals surface area contributed by atoms with Crippen LogP contribution in [0.15, 0.2) is 0 Å². The molecule has 1 aromatic heterocycles. The van der Waals surface area contributed by atoms with Crippen molar-refractivity contribution in [1.29, 1.82) is 0 Å². The number of nitrogens with one attached hydrogen (secondary N) is 1. The third-order valence-electron chi connectivity index (χ3n) is 3.07. The predicted molar refractivity (Wildman–Crippen MR) is 65.6 cm³/mol. The number of aryl methyl sites for hydroxylation is 2. The van der Waals surface area contributed by atoms with Crippen LogP contribution in [-0.4, -0.2) is 23.1 Å². The maximum atomic E-state index is 5.46. The number of rotatable bonds is 3. The third kappa shape index (κ3) is 2.50. The lowest BCUT2D eigenvalue weighted by Gasteiger charge is -2.11. The molecule has 4 heteroatoms. The minimum Gasteiger partial charge on any atom is -0.353 e. The van der Waals surface area contributed by atoms with Gasteiger partial charge in [-0.2, -0.15) is 0 Å². The fourth-order valence-electron chi connectivity index (χ4n) is 2.22. The van der Waals surface area contributed by atoms with Gasteiger partial charge in [-0.25, -0.2) is 9.97 Å². The lowest BCUT2D eigenvalue weighted by atomic mass is 10.1. The second kappa shape index (κ2) is 5.25. The Kier molecular flexibility index (Phi) is 3.72. The predicted octanol–water partition coefficient (Wildman–Crippen LogP) is 1.42. The number of fused-ring (bicyclic) bond motifs is 1. The number of anilines is 1. The lowest BCUT2D eigenvalue weighted by Crippen LogP contribution is -2.16. The van der Waals surface area contributed by atoms with Crippen LogP contribution < -0.4 is 11.1 Å². The van der Waals surface area contributed by atoms with Gasteiger partial charge in [0.25, 0.3) is 0 Å². The number of aromatic nitrogens is 2. The van der Waals surface area contributed by atoms with E-state index in [2.05, 4.69) is 22.2 Å². The van der Waals surface area contributed by atoms with Crippen LogP contribution in [0.2, 0.25) is 0 Å². The largest absolute Gasteiger partial charge is 0.353 e. The smallest absolute Gasteiger partial charge is 0.223 e. The molecule has 0 radical (unpaired) electrons. The van der Waals surface area contributed by atoms with Crippen LogP contribution in [0.1, 0.15) is 36.2 Å². The van der Waals surface area contributed by atoms with Crippen molar-refractivity contribution >= 4 is 5.95 Å². The summed E-state index contributed by atoms with van der Waals surface area (Å²) in [5.41, 5.74) is 9.20. The van der Waals surface area contributed by atoms with Gasteiger partial charge >= 0.3 is 0 Å². The van der Waals surface area contributed by atoms with Gasteiger partial charge in [-0.3, -0.25) is 0 Å². The third-order valence-corrected chi connectivity index (χ3v) is 3.07. The average molecular weight is 220 g/mol. The Labute approximate surface area is 96.7 Å². The Morgan fingerprint density at radius 1 is 1.19 bits per heavy atom. The molecule has 0 aromatic carbocycles. The van der Waals surface area contributed by atoms with Crippen LogP contribution in [-0.2, 0) is 12.8 Å². The van der Waals surface area contributed by atoms with Crippen molar-refractivity contribution < 1.29 is 0 Å². The van der Waals surface area contributed by atoms with Crippen LogP contribution in [0.3, 0.4) is 0 Å². The van der Waals surface area contributed by atoms with E-state index < -0.39 is 0 Å². The summed E-state index contributed by atoms with van der Waals surface area (Å²) in [6.45, 7) is 3.43. The van der Waals surface area contributed by atoms with E-state index in [4.69, 9.17) is 5.73 Å². The van der Waals surface area contributed by atoms with Crippen LogP contribution in [0.4, 0.5) is 5.95 Å². The molecular formula is C12H20N4. The van der Waals surface area contributed by atoms with Gasteiger partial charge in [0.2, 0.25) is 5.95 Å². The molecule has 0 bridgehead atoms. The Balaban J connectivity index is 2.24. The second-order valence-electron chi connectivity index (χ2n) is 4.33. The zero-order valence-electron chi connectivity index (χ0n) is 9.92. The standard InChI is InChI=1S/C12H20N4/c1-9-10-5-3-2-4-6-11(10)16-12(15-9)14-8-7-13/h2-8,13H2,1H3,(H,14,15,16). The first-order chi connectivity index (χ1) is 7.81. The molecule has 0 unspecified atom stereocenters. The summed E-state index contributed by atoms with van der Waals surface area (Å²) in [5.74, 6) is 0.739. The van der Waals surface area contributed by atoms with Gasteiger partial charge in [0.15, 0.2) is 0 Å². The molecule has 0 atom stereocenters. The molecule has 4 nitrogen and oxygen atoms in total. The molecule has 0 amide bonds. The van der Waals surface area contributed by atoms with Gasteiger partial charge in [-0.15, -0.1) is 0 Å². The first kappa shape index (κ1) is 11.3. The molecule has 3 N–H and O–H groups in total. The summed E-state index contributed by atoms with van der Waals surface area (Å²) >= 11 is 0. The summed E-state index contributed by atoms with van der Waals surface area (Å²) in [5, 5.41) is 3.16. The highest BCUT2D eigenvalue weighted by Gasteiger charge is 2.13. The van der Waals surface area contributed by atoms with Gasteiger partial charge in [0, 0.05) is 24.5 Å². The molecule has 16 heavy (non-hydrogen) atoms. The van der Waals surface area contributed by atoms with Crippen molar-refractivity contribution in [2.24, 2.45) is 5.73 Å². The summed E-state index contributed by atoms with van der Waals surface area (Å²) in [6.07, 6.45) is 6.06. The Hall–Kier alpha value is -1.16. The van der Waals surface area contributed by atoms with E-state index in [0.29, 0.717) is 6.54 Å². The summed E-state index contributed by atoms with van der Waals surface area (Å²) in [4.78, 5) is 9.08. The molecule has 2 rings (SSSR count). The molecular weight excluding hydrogens is 200 g/mol. The highest BCUT2D eigenvalue weighted by molar-refractivity contribution is 5.35. The van der Waals surface area contributed by atoms with E-state index >= 15 is 0 Å². The molecule has 1 aliphatic rings. The van der Waals surface area contributed by atoms with Crippen molar-refractivity contribution in [3.8, 4) is 0 Å². The Morgan fingerprint density at radius 3 is 2.81 bits per heavy atom. The highest BCUT2D eigenvalue weighted by Crippen LogP contribution is 2.22. The molecule has 88 valence electrons. The fourth-order valence-corrected chi connectivity index (χ4v) is 2.22. The Morgan fingerprint density at radius 2 is 2.00 bits per heavy atom. The first-order valence-electron chi connectivity index (χ1n) is 6.11. The average Bonchev–Trinajstić information content (AvgIpc) is 2.51. The normalized spacial score (nSPS) is 15.4. The fraction of sp³-hybridized carbons (Fsp3) is 0.667. The highest BCUT2D eigenvalue weighted by atomic mass is 15.1. The number of hydrogen-bond donors (Lipinski definition) is 2. The minimum absolute atomic E-state index is 0.611. The van der Waals surface area contributed by atoms with E-state index in [9.17, 15) is 0 Å². The van der Waals surface area contributed by atoms with E-state index in [1.807, 2.05) is 0 Å². The van der Waals surface area contributed by atoms with Crippen molar-refractivity contribution in [2.75, 3.05) is 18.4 Å². The molecule has 0 fully saturated rings. The second-order valence-corrected chi connectivity index (χ2v) is 4.33. The van der Waals surface area contributed by atoms with E-state index in [1.165, 1.54) is 30.5 Å². The van der Waals surface area contributed by atoms with Crippen molar-refractivity contribution in [3.05, 3.63) is 17.0 Å². The molecule has 0 spiro atoms. The van der Waals surface area contributed by atoms with E-state index in [1.54, 1.807) is 0 Å². The molecule has 0 aliphatic heterocycles. The summed E-state index contributed by atoms with van der Waals surface area (Å²) in [6, 6.07) is 0. The minimum atomic E-state index is 0.611. The van der Waals surface area contributed by atoms with Crippen molar-refractivity contribution in [1.82, 2.24) is 9.97 Å². The van der Waals surface area contributed by atoms with Crippen LogP contribution in [0.25, 0.3) is 0 Å². The molecule has 1 aliphatic carbocycles. The monoisotopic (exact) mass is 220 g/mol. The van der Waals surface area contributed by atoms with Crippen LogP contribution in [0.5, 0.6) is 0 Å². The van der Waals surface area contributed by atoms with Gasteiger partial charge in [-0.1, -0.05) is 6.42 Å². The zero-order valence-corrected chi connectivity index (χ0v) is 9.92. The van der Waals surface area contributed by atoms with Crippen molar-refractivity contribution in [3.63, 3.8) is 0 Å². The number of nitrogens with two attached hydrogens (primary N) is 1. The number of hydrogen-bond acceptors (Lipinski definition) is 4. The van der Waals surface area contributed by atoms with Crippen LogP contribution >= 0.6 is 0 Å². The molecule has 0 saturated carbocycles.